The summed E-state index contributed by atoms with van der Waals surface area (Å²) in [6, 6.07) is 1.36. The van der Waals surface area contributed by atoms with Gasteiger partial charge in [0.1, 0.15) is 11.4 Å². The zero-order valence-electron chi connectivity index (χ0n) is 6.39. The van der Waals surface area contributed by atoms with Gasteiger partial charge < -0.3 is 10.3 Å². The van der Waals surface area contributed by atoms with Crippen LogP contribution in [0.5, 0.6) is 0 Å². The molecule has 1 aliphatic heterocycles. The lowest BCUT2D eigenvalue weighted by molar-refractivity contribution is 0.0982. The van der Waals surface area contributed by atoms with Gasteiger partial charge in [0.25, 0.3) is 0 Å². The minimum absolute atomic E-state index is 0.0781. The van der Waals surface area contributed by atoms with Gasteiger partial charge in [0.15, 0.2) is 11.2 Å². The average molecular weight is 164 g/mol. The third kappa shape index (κ3) is 0.922. The molecule has 0 aromatic carbocycles. The van der Waals surface area contributed by atoms with E-state index in [-0.39, 0.29) is 16.8 Å². The number of nitrogens with one attached hydrogen (secondary N) is 2. The Bertz CT molecular complexity index is 381. The summed E-state index contributed by atoms with van der Waals surface area (Å²) in [5, 5.41) is 2.96. The molecule has 1 aliphatic rings. The summed E-state index contributed by atoms with van der Waals surface area (Å²) in [6.45, 7) is 0.603. The van der Waals surface area contributed by atoms with Crippen LogP contribution in [0.1, 0.15) is 16.8 Å². The Labute approximate surface area is 68.6 Å². The molecule has 12 heavy (non-hydrogen) atoms. The summed E-state index contributed by atoms with van der Waals surface area (Å²) in [6.07, 6.45) is 1.94. The summed E-state index contributed by atoms with van der Waals surface area (Å²) in [7, 11) is 0. The number of carbonyl (C=O) groups is 1. The molecular weight excluding hydrogens is 156 g/mol. The highest BCUT2D eigenvalue weighted by molar-refractivity contribution is 6.01. The summed E-state index contributed by atoms with van der Waals surface area (Å²) in [4.78, 5) is 25.3. The highest BCUT2D eigenvalue weighted by Gasteiger charge is 2.19. The molecule has 62 valence electrons. The van der Waals surface area contributed by atoms with Gasteiger partial charge in [-0.3, -0.25) is 9.59 Å². The van der Waals surface area contributed by atoms with Crippen molar-refractivity contribution in [3.05, 3.63) is 28.0 Å². The number of Topliss-reactive ketones (excluding diaryl/α,β-unsaturated/α-hetero) is 1. The molecule has 1 aromatic heterocycles. The van der Waals surface area contributed by atoms with E-state index in [1.807, 2.05) is 0 Å². The van der Waals surface area contributed by atoms with E-state index in [2.05, 4.69) is 10.3 Å². The van der Waals surface area contributed by atoms with Gasteiger partial charge in [-0.1, -0.05) is 0 Å². The van der Waals surface area contributed by atoms with E-state index in [0.29, 0.717) is 18.8 Å². The maximum atomic E-state index is 11.2. The van der Waals surface area contributed by atoms with Gasteiger partial charge in [0.2, 0.25) is 0 Å². The number of rotatable bonds is 0. The quantitative estimate of drug-likeness (QED) is 0.582. The van der Waals surface area contributed by atoms with Crippen LogP contribution in [0.4, 0.5) is 5.82 Å². The van der Waals surface area contributed by atoms with E-state index in [1.54, 1.807) is 0 Å². The standard InChI is InChI=1S/C8H8N2O2/c11-5-1-3-9-8-7(5)6(12)2-4-10-8/h1,3H,2,4H2,(H2,9,10,11). The molecule has 0 saturated heterocycles. The Morgan fingerprint density at radius 1 is 1.33 bits per heavy atom. The van der Waals surface area contributed by atoms with Crippen molar-refractivity contribution in [3.8, 4) is 0 Å². The second-order valence-corrected chi connectivity index (χ2v) is 2.69. The van der Waals surface area contributed by atoms with Crippen LogP contribution >= 0.6 is 0 Å². The Morgan fingerprint density at radius 3 is 2.92 bits per heavy atom. The number of H-pyrrole nitrogens is 1. The van der Waals surface area contributed by atoms with Gasteiger partial charge in [0, 0.05) is 25.2 Å². The molecule has 0 saturated carbocycles. The summed E-state index contributed by atoms with van der Waals surface area (Å²) < 4.78 is 0. The van der Waals surface area contributed by atoms with Crippen LogP contribution in [0.2, 0.25) is 0 Å². The first kappa shape index (κ1) is 7.09. The fraction of sp³-hybridized carbons (Fsp3) is 0.250. The molecule has 0 atom stereocenters. The maximum Gasteiger partial charge on any atom is 0.194 e. The first-order valence-corrected chi connectivity index (χ1v) is 3.78. The number of fused-ring (bicyclic) bond motifs is 1. The second kappa shape index (κ2) is 2.48. The van der Waals surface area contributed by atoms with E-state index in [4.69, 9.17) is 0 Å². The molecule has 2 N–H and O–H groups in total. The topological polar surface area (TPSA) is 62.0 Å². The molecule has 0 spiro atoms. The Hall–Kier alpha value is -1.58. The van der Waals surface area contributed by atoms with Gasteiger partial charge in [-0.05, 0) is 0 Å². The molecule has 2 heterocycles. The normalized spacial score (nSPS) is 15.2. The van der Waals surface area contributed by atoms with Crippen LogP contribution in [0.25, 0.3) is 0 Å². The number of aromatic amines is 1. The Morgan fingerprint density at radius 2 is 2.17 bits per heavy atom. The molecule has 0 unspecified atom stereocenters. The smallest absolute Gasteiger partial charge is 0.194 e. The van der Waals surface area contributed by atoms with Crippen molar-refractivity contribution in [2.45, 2.75) is 6.42 Å². The fourth-order valence-corrected chi connectivity index (χ4v) is 1.32. The summed E-state index contributed by atoms with van der Waals surface area (Å²) in [5.41, 5.74) is 0.0599. The number of anilines is 1. The van der Waals surface area contributed by atoms with Gasteiger partial charge in [-0.25, -0.2) is 0 Å². The number of hydrogen-bond donors (Lipinski definition) is 2. The molecule has 2 rings (SSSR count). The van der Waals surface area contributed by atoms with Crippen molar-refractivity contribution in [2.24, 2.45) is 0 Å². The SMILES string of the molecule is O=C1CCNc2[nH]ccc(=O)c21. The number of carbonyl (C=O) groups excluding carboxylic acids is 1. The van der Waals surface area contributed by atoms with Gasteiger partial charge in [0.05, 0.1) is 0 Å². The zero-order chi connectivity index (χ0) is 8.55. The van der Waals surface area contributed by atoms with E-state index < -0.39 is 0 Å². The van der Waals surface area contributed by atoms with Crippen LogP contribution in [0, 0.1) is 0 Å². The van der Waals surface area contributed by atoms with E-state index in [9.17, 15) is 9.59 Å². The lowest BCUT2D eigenvalue weighted by Gasteiger charge is -2.14. The number of pyridine rings is 1. The van der Waals surface area contributed by atoms with Crippen LogP contribution in [0.15, 0.2) is 17.1 Å². The second-order valence-electron chi connectivity index (χ2n) is 2.69. The van der Waals surface area contributed by atoms with E-state index in [1.165, 1.54) is 12.3 Å². The largest absolute Gasteiger partial charge is 0.370 e. The van der Waals surface area contributed by atoms with Gasteiger partial charge in [-0.15, -0.1) is 0 Å². The number of hydrogen-bond acceptors (Lipinski definition) is 3. The van der Waals surface area contributed by atoms with Crippen LogP contribution in [-0.2, 0) is 0 Å². The van der Waals surface area contributed by atoms with Crippen molar-refractivity contribution in [2.75, 3.05) is 11.9 Å². The van der Waals surface area contributed by atoms with Gasteiger partial charge in [-0.2, -0.15) is 0 Å². The lowest BCUT2D eigenvalue weighted by atomic mass is 10.1. The zero-order valence-corrected chi connectivity index (χ0v) is 6.39. The van der Waals surface area contributed by atoms with Crippen LogP contribution in [0.3, 0.4) is 0 Å². The van der Waals surface area contributed by atoms with Gasteiger partial charge >= 0.3 is 0 Å². The molecule has 0 aliphatic carbocycles. The fourth-order valence-electron chi connectivity index (χ4n) is 1.32. The molecule has 0 radical (unpaired) electrons. The third-order valence-electron chi connectivity index (χ3n) is 1.89. The minimum Gasteiger partial charge on any atom is -0.370 e. The highest BCUT2D eigenvalue weighted by atomic mass is 16.1. The monoisotopic (exact) mass is 164 g/mol. The van der Waals surface area contributed by atoms with E-state index >= 15 is 0 Å². The minimum atomic E-state index is -0.207. The molecular formula is C8H8N2O2. The van der Waals surface area contributed by atoms with Crippen molar-refractivity contribution >= 4 is 11.6 Å². The highest BCUT2D eigenvalue weighted by Crippen LogP contribution is 2.13. The summed E-state index contributed by atoms with van der Waals surface area (Å²) >= 11 is 0. The molecule has 0 fully saturated rings. The predicted octanol–water partition coefficient (Wildman–Crippen LogP) is 0.373. The Balaban J connectivity index is 2.69. The predicted molar refractivity (Wildman–Crippen MR) is 44.5 cm³/mol. The lowest BCUT2D eigenvalue weighted by Crippen LogP contribution is -2.25. The summed E-state index contributed by atoms with van der Waals surface area (Å²) in [5.74, 6) is 0.476. The van der Waals surface area contributed by atoms with Crippen molar-refractivity contribution in [1.82, 2.24) is 4.98 Å². The van der Waals surface area contributed by atoms with Crippen LogP contribution in [-0.4, -0.2) is 17.3 Å². The molecule has 0 bridgehead atoms. The van der Waals surface area contributed by atoms with E-state index in [0.717, 1.165) is 0 Å². The maximum absolute atomic E-state index is 11.2. The first-order valence-electron chi connectivity index (χ1n) is 3.78. The Kier molecular flexibility index (Phi) is 1.46. The van der Waals surface area contributed by atoms with Crippen molar-refractivity contribution in [1.29, 1.82) is 0 Å². The first-order chi connectivity index (χ1) is 5.79. The molecule has 0 amide bonds. The molecule has 4 nitrogen and oxygen atoms in total. The number of ketones is 1. The third-order valence-corrected chi connectivity index (χ3v) is 1.89. The molecule has 1 aromatic rings. The number of aromatic nitrogens is 1. The average Bonchev–Trinajstić information content (AvgIpc) is 2.04. The molecule has 4 heteroatoms. The van der Waals surface area contributed by atoms with Crippen molar-refractivity contribution < 1.29 is 4.79 Å². The van der Waals surface area contributed by atoms with Crippen molar-refractivity contribution in [3.63, 3.8) is 0 Å². The van der Waals surface area contributed by atoms with Crippen LogP contribution < -0.4 is 10.7 Å².